The summed E-state index contributed by atoms with van der Waals surface area (Å²) in [4.78, 5) is 14.2. The maximum Gasteiger partial charge on any atom is 0.144 e. The molecule has 2 saturated carbocycles. The number of aliphatic hydroxyl groups is 1. The van der Waals surface area contributed by atoms with Crippen LogP contribution in [0.1, 0.15) is 113 Å². The number of Topliss-reactive ketones (excluding diaryl/α,β-unsaturated/α-hetero) is 1. The van der Waals surface area contributed by atoms with Crippen LogP contribution in [0.4, 0.5) is 0 Å². The fourth-order valence-corrected chi connectivity index (χ4v) is 10.8. The van der Waals surface area contributed by atoms with Crippen LogP contribution in [-0.2, 0) is 4.79 Å². The average Bonchev–Trinajstić information content (AvgIpc) is 2.99. The van der Waals surface area contributed by atoms with Gasteiger partial charge in [0.2, 0.25) is 0 Å². The van der Waals surface area contributed by atoms with Gasteiger partial charge in [0.25, 0.3) is 0 Å². The normalized spacial score (nSPS) is 42.4. The van der Waals surface area contributed by atoms with Crippen LogP contribution in [0.5, 0.6) is 0 Å². The van der Waals surface area contributed by atoms with Gasteiger partial charge in [-0.05, 0) is 84.7 Å². The lowest BCUT2D eigenvalue weighted by atomic mass is 9.43. The molecule has 0 amide bonds. The summed E-state index contributed by atoms with van der Waals surface area (Å²) in [6.45, 7) is 16.7. The lowest BCUT2D eigenvalue weighted by molar-refractivity contribution is -0.128. The van der Waals surface area contributed by atoms with Crippen molar-refractivity contribution in [1.29, 1.82) is 0 Å². The van der Waals surface area contributed by atoms with Gasteiger partial charge in [-0.1, -0.05) is 78.9 Å². The van der Waals surface area contributed by atoms with Crippen LogP contribution in [0.2, 0.25) is 0 Å². The van der Waals surface area contributed by atoms with Gasteiger partial charge in [-0.3, -0.25) is 4.79 Å². The number of carbonyl (C=O) groups is 1. The van der Waals surface area contributed by atoms with Crippen LogP contribution in [0.25, 0.3) is 0 Å². The monoisotopic (exact) mass is 488 g/mol. The zero-order chi connectivity index (χ0) is 25.1. The van der Waals surface area contributed by atoms with Crippen molar-refractivity contribution >= 4 is 17.5 Å². The van der Waals surface area contributed by atoms with Gasteiger partial charge in [0.15, 0.2) is 0 Å². The molecule has 3 heteroatoms. The number of allylic oxidation sites excluding steroid dienone is 2. The van der Waals surface area contributed by atoms with E-state index in [4.69, 9.17) is 0 Å². The zero-order valence-electron chi connectivity index (χ0n) is 23.4. The summed E-state index contributed by atoms with van der Waals surface area (Å²) in [7, 11) is 0. The van der Waals surface area contributed by atoms with E-state index >= 15 is 0 Å². The fraction of sp³-hybridized carbons (Fsp3) is 0.903. The summed E-state index contributed by atoms with van der Waals surface area (Å²) in [5, 5.41) is 10.9. The molecule has 0 bridgehead atoms. The summed E-state index contributed by atoms with van der Waals surface area (Å²) in [5.41, 5.74) is 3.15. The van der Waals surface area contributed by atoms with Crippen LogP contribution in [0.3, 0.4) is 0 Å². The second-order valence-corrected chi connectivity index (χ2v) is 15.0. The molecule has 0 spiro atoms. The van der Waals surface area contributed by atoms with E-state index in [0.717, 1.165) is 43.8 Å². The van der Waals surface area contributed by atoms with Gasteiger partial charge >= 0.3 is 0 Å². The van der Waals surface area contributed by atoms with E-state index in [0.29, 0.717) is 23.5 Å². The number of hydrogen-bond donors (Lipinski definition) is 1. The van der Waals surface area contributed by atoms with E-state index in [9.17, 15) is 9.90 Å². The Morgan fingerprint density at radius 2 is 1.71 bits per heavy atom. The van der Waals surface area contributed by atoms with E-state index in [1.807, 2.05) is 11.8 Å². The van der Waals surface area contributed by atoms with Crippen LogP contribution in [0.15, 0.2) is 11.1 Å². The maximum atomic E-state index is 14.2. The van der Waals surface area contributed by atoms with Crippen LogP contribution in [0, 0.1) is 45.3 Å². The summed E-state index contributed by atoms with van der Waals surface area (Å²) in [6, 6.07) is 0. The van der Waals surface area contributed by atoms with Crippen molar-refractivity contribution in [1.82, 2.24) is 0 Å². The molecule has 2 nitrogen and oxygen atoms in total. The highest BCUT2D eigenvalue weighted by molar-refractivity contribution is 7.98. The van der Waals surface area contributed by atoms with Crippen molar-refractivity contribution in [2.24, 2.45) is 45.3 Å². The molecule has 4 aliphatic carbocycles. The largest absolute Gasteiger partial charge is 0.393 e. The highest BCUT2D eigenvalue weighted by atomic mass is 32.2. The second kappa shape index (κ2) is 9.23. The molecule has 0 aromatic heterocycles. The van der Waals surface area contributed by atoms with Crippen LogP contribution < -0.4 is 0 Å². The van der Waals surface area contributed by atoms with Crippen molar-refractivity contribution < 1.29 is 9.90 Å². The number of aliphatic hydroxyl groups excluding tert-OH is 1. The first-order valence-electron chi connectivity index (χ1n) is 14.3. The lowest BCUT2D eigenvalue weighted by Gasteiger charge is -2.62. The van der Waals surface area contributed by atoms with E-state index < -0.39 is 0 Å². The Morgan fingerprint density at radius 1 is 1.00 bits per heavy atom. The molecular weight excluding hydrogens is 436 g/mol. The molecule has 4 rings (SSSR count). The third-order valence-corrected chi connectivity index (χ3v) is 12.5. The minimum atomic E-state index is -0.259. The third kappa shape index (κ3) is 3.72. The van der Waals surface area contributed by atoms with Crippen molar-refractivity contribution in [2.45, 2.75) is 119 Å². The number of carbonyl (C=O) groups excluding carboxylic acids is 1. The molecule has 0 radical (unpaired) electrons. The van der Waals surface area contributed by atoms with E-state index in [1.165, 1.54) is 32.1 Å². The molecule has 0 saturated heterocycles. The molecule has 0 aromatic carbocycles. The molecule has 0 heterocycles. The van der Waals surface area contributed by atoms with Gasteiger partial charge in [0.1, 0.15) is 5.78 Å². The Hall–Kier alpha value is -0.280. The molecule has 194 valence electrons. The van der Waals surface area contributed by atoms with Gasteiger partial charge in [-0.25, -0.2) is 0 Å². The second-order valence-electron chi connectivity index (χ2n) is 14.1. The summed E-state index contributed by atoms with van der Waals surface area (Å²) in [5.74, 6) is 3.94. The highest BCUT2D eigenvalue weighted by Gasteiger charge is 2.68. The number of rotatable bonds is 7. The molecule has 0 aliphatic heterocycles. The molecule has 1 N–H and O–H groups in total. The topological polar surface area (TPSA) is 37.3 Å². The number of fused-ring (bicyclic) bond motifs is 4. The fourth-order valence-electron chi connectivity index (χ4n) is 9.74. The van der Waals surface area contributed by atoms with Gasteiger partial charge in [0.05, 0.1) is 11.5 Å². The van der Waals surface area contributed by atoms with Crippen molar-refractivity contribution in [3.05, 3.63) is 11.1 Å². The number of thioether (sulfide) groups is 1. The minimum Gasteiger partial charge on any atom is -0.393 e. The SMILES string of the molecule is CSC[C@@]12C(=O)C[C@H]([C@H](C)CCCC(C)C)[C@@]1(C)CCC1=C2CC[C@H]2C(C)(C)[C@@H](O)CC[C@]12C. The minimum absolute atomic E-state index is 0.0495. The number of hydrogen-bond acceptors (Lipinski definition) is 3. The van der Waals surface area contributed by atoms with Gasteiger partial charge < -0.3 is 5.11 Å². The first-order chi connectivity index (χ1) is 15.9. The molecule has 34 heavy (non-hydrogen) atoms. The van der Waals surface area contributed by atoms with Crippen molar-refractivity contribution in [2.75, 3.05) is 12.0 Å². The standard InChI is InChI=1S/C31H52O2S/c1-20(2)10-9-11-21(3)24-18-27(33)31(19-34-8)23-12-13-25-28(4,5)26(32)15-16-29(25,6)22(23)14-17-30(24,31)7/h20-21,24-26,32H,9-19H2,1-8H3/t21-,24-,25+,26+,29-,30-,31-/m1/s1. The summed E-state index contributed by atoms with van der Waals surface area (Å²) in [6.07, 6.45) is 13.2. The van der Waals surface area contributed by atoms with Crippen LogP contribution >= 0.6 is 11.8 Å². The Balaban J connectivity index is 1.75. The van der Waals surface area contributed by atoms with E-state index in [1.54, 1.807) is 11.1 Å². The molecule has 0 aromatic rings. The predicted molar refractivity (Wildman–Crippen MR) is 146 cm³/mol. The Labute approximate surface area is 214 Å². The smallest absolute Gasteiger partial charge is 0.144 e. The molecule has 7 atom stereocenters. The lowest BCUT2D eigenvalue weighted by Crippen LogP contribution is -2.57. The molecule has 0 unspecified atom stereocenters. The van der Waals surface area contributed by atoms with Gasteiger partial charge in [-0.2, -0.15) is 11.8 Å². The first-order valence-corrected chi connectivity index (χ1v) is 15.7. The quantitative estimate of drug-likeness (QED) is 0.368. The van der Waals surface area contributed by atoms with Crippen molar-refractivity contribution in [3.8, 4) is 0 Å². The molecule has 4 aliphatic rings. The summed E-state index contributed by atoms with van der Waals surface area (Å²) >= 11 is 1.90. The van der Waals surface area contributed by atoms with Gasteiger partial charge in [0, 0.05) is 12.2 Å². The van der Waals surface area contributed by atoms with Crippen LogP contribution in [-0.4, -0.2) is 29.0 Å². The molecular formula is C31H52O2S. The van der Waals surface area contributed by atoms with E-state index in [2.05, 4.69) is 54.7 Å². The zero-order valence-corrected chi connectivity index (χ0v) is 24.2. The maximum absolute atomic E-state index is 14.2. The Bertz CT molecular complexity index is 827. The predicted octanol–water partition coefficient (Wildman–Crippen LogP) is 8.08. The van der Waals surface area contributed by atoms with Gasteiger partial charge in [-0.15, -0.1) is 0 Å². The third-order valence-electron chi connectivity index (χ3n) is 11.8. The van der Waals surface area contributed by atoms with Crippen molar-refractivity contribution in [3.63, 3.8) is 0 Å². The summed E-state index contributed by atoms with van der Waals surface area (Å²) < 4.78 is 0. The van der Waals surface area contributed by atoms with E-state index in [-0.39, 0.29) is 27.8 Å². The highest BCUT2D eigenvalue weighted by Crippen LogP contribution is 2.72. The Kier molecular flexibility index (Phi) is 7.27. The molecule has 2 fully saturated rings. The number of ketones is 1. The Morgan fingerprint density at radius 3 is 2.35 bits per heavy atom. The average molecular weight is 489 g/mol. The first kappa shape index (κ1) is 26.8.